The zero-order valence-corrected chi connectivity index (χ0v) is 17.4. The molecule has 1 saturated heterocycles. The van der Waals surface area contributed by atoms with Crippen LogP contribution in [0.25, 0.3) is 10.9 Å². The molecule has 0 atom stereocenters. The van der Waals surface area contributed by atoms with E-state index in [2.05, 4.69) is 86.5 Å². The molecule has 4 aromatic rings. The predicted molar refractivity (Wildman–Crippen MR) is 123 cm³/mol. The van der Waals surface area contributed by atoms with E-state index in [0.717, 1.165) is 42.9 Å². The molecule has 150 valence electrons. The van der Waals surface area contributed by atoms with Crippen LogP contribution in [0.3, 0.4) is 0 Å². The molecule has 1 fully saturated rings. The van der Waals surface area contributed by atoms with Crippen molar-refractivity contribution in [2.75, 3.05) is 31.1 Å². The molecule has 2 heterocycles. The molecule has 0 amide bonds. The molecule has 3 aromatic carbocycles. The summed E-state index contributed by atoms with van der Waals surface area (Å²) in [6.07, 6.45) is 0. The van der Waals surface area contributed by atoms with E-state index < -0.39 is 0 Å². The quantitative estimate of drug-likeness (QED) is 0.430. The van der Waals surface area contributed by atoms with Crippen LogP contribution in [0.1, 0.15) is 17.2 Å². The highest BCUT2D eigenvalue weighted by molar-refractivity contribution is 6.28. The first-order valence-electron chi connectivity index (χ1n) is 10.3. The van der Waals surface area contributed by atoms with Gasteiger partial charge in [-0.15, -0.1) is 0 Å². The third-order valence-electron chi connectivity index (χ3n) is 5.77. The fraction of sp³-hybridized carbons (Fsp3) is 0.200. The van der Waals surface area contributed by atoms with Crippen molar-refractivity contribution in [2.45, 2.75) is 6.04 Å². The van der Waals surface area contributed by atoms with E-state index in [1.54, 1.807) is 0 Å². The van der Waals surface area contributed by atoms with Crippen LogP contribution < -0.4 is 4.90 Å². The van der Waals surface area contributed by atoms with Crippen LogP contribution in [0, 0.1) is 0 Å². The standard InChI is InChI=1S/C25H23ClN4/c26-25-27-22-14-8-7-13-21(22)24(28-25)30-17-15-29(16-18-30)23(19-9-3-1-4-10-19)20-11-5-2-6-12-20/h1-14,23H,15-18H2. The molecular formula is C25H23ClN4. The molecule has 0 spiro atoms. The van der Waals surface area contributed by atoms with Crippen LogP contribution in [0.4, 0.5) is 5.82 Å². The highest BCUT2D eigenvalue weighted by atomic mass is 35.5. The van der Waals surface area contributed by atoms with Crippen molar-refractivity contribution in [1.29, 1.82) is 0 Å². The Bertz CT molecular complexity index is 1090. The Hall–Kier alpha value is -2.95. The molecule has 0 saturated carbocycles. The lowest BCUT2D eigenvalue weighted by Gasteiger charge is -2.40. The number of benzene rings is 3. The molecule has 0 bridgehead atoms. The second kappa shape index (κ2) is 8.42. The molecule has 1 aliphatic rings. The van der Waals surface area contributed by atoms with Crippen LogP contribution in [0.2, 0.25) is 5.28 Å². The average Bonchev–Trinajstić information content (AvgIpc) is 2.81. The van der Waals surface area contributed by atoms with Gasteiger partial charge < -0.3 is 4.90 Å². The number of fused-ring (bicyclic) bond motifs is 1. The maximum atomic E-state index is 6.22. The molecule has 0 N–H and O–H groups in total. The van der Waals surface area contributed by atoms with Gasteiger partial charge in [-0.2, -0.15) is 4.98 Å². The van der Waals surface area contributed by atoms with Gasteiger partial charge in [0.15, 0.2) is 0 Å². The lowest BCUT2D eigenvalue weighted by molar-refractivity contribution is 0.212. The minimum Gasteiger partial charge on any atom is -0.353 e. The van der Waals surface area contributed by atoms with Crippen molar-refractivity contribution < 1.29 is 0 Å². The SMILES string of the molecule is Clc1nc(N2CCN(C(c3ccccc3)c3ccccc3)CC2)c2ccccc2n1. The average molecular weight is 415 g/mol. The van der Waals surface area contributed by atoms with Gasteiger partial charge in [0.1, 0.15) is 5.82 Å². The van der Waals surface area contributed by atoms with E-state index >= 15 is 0 Å². The molecule has 1 aliphatic heterocycles. The Kier molecular flexibility index (Phi) is 5.35. The van der Waals surface area contributed by atoms with Gasteiger partial charge in [0.25, 0.3) is 0 Å². The molecule has 0 radical (unpaired) electrons. The van der Waals surface area contributed by atoms with Crippen molar-refractivity contribution in [3.05, 3.63) is 101 Å². The summed E-state index contributed by atoms with van der Waals surface area (Å²) in [6.45, 7) is 3.69. The van der Waals surface area contributed by atoms with Crippen LogP contribution >= 0.6 is 11.6 Å². The smallest absolute Gasteiger partial charge is 0.224 e. The lowest BCUT2D eigenvalue weighted by Crippen LogP contribution is -2.48. The molecule has 0 unspecified atom stereocenters. The first kappa shape index (κ1) is 19.0. The van der Waals surface area contributed by atoms with Crippen molar-refractivity contribution in [3.63, 3.8) is 0 Å². The highest BCUT2D eigenvalue weighted by Gasteiger charge is 2.27. The number of hydrogen-bond donors (Lipinski definition) is 0. The zero-order valence-electron chi connectivity index (χ0n) is 16.7. The third-order valence-corrected chi connectivity index (χ3v) is 5.93. The molecule has 1 aromatic heterocycles. The number of halogens is 1. The summed E-state index contributed by atoms with van der Waals surface area (Å²) in [7, 11) is 0. The van der Waals surface area contributed by atoms with Crippen LogP contribution in [0.5, 0.6) is 0 Å². The Morgan fingerprint density at radius 3 is 1.87 bits per heavy atom. The highest BCUT2D eigenvalue weighted by Crippen LogP contribution is 2.31. The molecule has 4 nitrogen and oxygen atoms in total. The Morgan fingerprint density at radius 1 is 0.667 bits per heavy atom. The van der Waals surface area contributed by atoms with E-state index in [1.807, 2.05) is 18.2 Å². The Labute approximate surface area is 181 Å². The predicted octanol–water partition coefficient (Wildman–Crippen LogP) is 5.19. The first-order valence-corrected chi connectivity index (χ1v) is 10.7. The molecular weight excluding hydrogens is 392 g/mol. The molecule has 0 aliphatic carbocycles. The van der Waals surface area contributed by atoms with Crippen molar-refractivity contribution in [3.8, 4) is 0 Å². The van der Waals surface area contributed by atoms with Crippen LogP contribution in [-0.4, -0.2) is 41.0 Å². The molecule has 5 heteroatoms. The van der Waals surface area contributed by atoms with Gasteiger partial charge in [0, 0.05) is 31.6 Å². The number of nitrogens with zero attached hydrogens (tertiary/aromatic N) is 4. The van der Waals surface area contributed by atoms with Gasteiger partial charge in [-0.3, -0.25) is 4.90 Å². The number of rotatable bonds is 4. The van der Waals surface area contributed by atoms with E-state index in [9.17, 15) is 0 Å². The summed E-state index contributed by atoms with van der Waals surface area (Å²) in [5.74, 6) is 0.932. The van der Waals surface area contributed by atoms with E-state index in [-0.39, 0.29) is 6.04 Å². The first-order chi connectivity index (χ1) is 14.8. The summed E-state index contributed by atoms with van der Waals surface area (Å²) in [4.78, 5) is 13.8. The van der Waals surface area contributed by atoms with Gasteiger partial charge in [-0.1, -0.05) is 72.8 Å². The lowest BCUT2D eigenvalue weighted by atomic mass is 9.96. The summed E-state index contributed by atoms with van der Waals surface area (Å²) < 4.78 is 0. The summed E-state index contributed by atoms with van der Waals surface area (Å²) in [5, 5.41) is 1.36. The monoisotopic (exact) mass is 414 g/mol. The zero-order chi connectivity index (χ0) is 20.3. The summed E-state index contributed by atoms with van der Waals surface area (Å²) >= 11 is 6.22. The number of para-hydroxylation sites is 1. The number of hydrogen-bond acceptors (Lipinski definition) is 4. The second-order valence-corrected chi connectivity index (χ2v) is 7.92. The third kappa shape index (κ3) is 3.76. The Morgan fingerprint density at radius 2 is 1.23 bits per heavy atom. The van der Waals surface area contributed by atoms with E-state index in [0.29, 0.717) is 5.28 Å². The van der Waals surface area contributed by atoms with Crippen LogP contribution in [-0.2, 0) is 0 Å². The fourth-order valence-corrected chi connectivity index (χ4v) is 4.52. The van der Waals surface area contributed by atoms with E-state index in [1.165, 1.54) is 11.1 Å². The fourth-order valence-electron chi connectivity index (χ4n) is 4.35. The van der Waals surface area contributed by atoms with E-state index in [4.69, 9.17) is 11.6 Å². The largest absolute Gasteiger partial charge is 0.353 e. The summed E-state index contributed by atoms with van der Waals surface area (Å²) in [5.41, 5.74) is 3.54. The molecule has 30 heavy (non-hydrogen) atoms. The molecule has 5 rings (SSSR count). The number of piperazine rings is 1. The van der Waals surface area contributed by atoms with Gasteiger partial charge >= 0.3 is 0 Å². The van der Waals surface area contributed by atoms with Gasteiger partial charge in [0.2, 0.25) is 5.28 Å². The number of anilines is 1. The minimum absolute atomic E-state index is 0.250. The van der Waals surface area contributed by atoms with Gasteiger partial charge in [-0.05, 0) is 34.9 Å². The topological polar surface area (TPSA) is 32.3 Å². The Balaban J connectivity index is 1.42. The van der Waals surface area contributed by atoms with Crippen LogP contribution in [0.15, 0.2) is 84.9 Å². The van der Waals surface area contributed by atoms with Gasteiger partial charge in [-0.25, -0.2) is 4.98 Å². The minimum atomic E-state index is 0.250. The maximum absolute atomic E-state index is 6.22. The maximum Gasteiger partial charge on any atom is 0.224 e. The van der Waals surface area contributed by atoms with Crippen molar-refractivity contribution in [1.82, 2.24) is 14.9 Å². The number of aromatic nitrogens is 2. The normalized spacial score (nSPS) is 15.1. The van der Waals surface area contributed by atoms with Gasteiger partial charge in [0.05, 0.1) is 11.6 Å². The second-order valence-electron chi connectivity index (χ2n) is 7.58. The van der Waals surface area contributed by atoms with Crippen molar-refractivity contribution in [2.24, 2.45) is 0 Å². The summed E-state index contributed by atoms with van der Waals surface area (Å²) in [6, 6.07) is 29.9. The van der Waals surface area contributed by atoms with Crippen molar-refractivity contribution >= 4 is 28.3 Å².